The van der Waals surface area contributed by atoms with Crippen LogP contribution in [0.5, 0.6) is 5.75 Å². The van der Waals surface area contributed by atoms with Crippen molar-refractivity contribution in [2.75, 3.05) is 12.4 Å². The molecule has 0 fully saturated rings. The first-order chi connectivity index (χ1) is 16.9. The fraction of sp³-hybridized carbons (Fsp3) is 0.0800. The van der Waals surface area contributed by atoms with Gasteiger partial charge in [0.2, 0.25) is 0 Å². The van der Waals surface area contributed by atoms with Crippen molar-refractivity contribution in [2.24, 2.45) is 0 Å². The van der Waals surface area contributed by atoms with Crippen LogP contribution in [0.15, 0.2) is 77.2 Å². The molecule has 2 heterocycles. The average Bonchev–Trinajstić information content (AvgIpc) is 3.51. The summed E-state index contributed by atoms with van der Waals surface area (Å²) < 4.78 is 10.8. The number of hydrogen-bond acceptors (Lipinski definition) is 7. The van der Waals surface area contributed by atoms with Crippen LogP contribution < -0.4 is 10.1 Å². The summed E-state index contributed by atoms with van der Waals surface area (Å²) in [6.45, 7) is 1.77. The van der Waals surface area contributed by atoms with Gasteiger partial charge in [0.25, 0.3) is 11.6 Å². The largest absolute Gasteiger partial charge is 0.497 e. The van der Waals surface area contributed by atoms with Crippen LogP contribution in [0, 0.1) is 17.0 Å². The van der Waals surface area contributed by atoms with Crippen LogP contribution >= 0.6 is 0 Å². The van der Waals surface area contributed by atoms with Crippen LogP contribution in [0.2, 0.25) is 0 Å². The van der Waals surface area contributed by atoms with Crippen LogP contribution in [-0.4, -0.2) is 32.9 Å². The molecular weight excluding hydrogens is 450 g/mol. The molecule has 0 atom stereocenters. The summed E-state index contributed by atoms with van der Waals surface area (Å²) in [7, 11) is 1.60. The number of nitro groups is 1. The molecule has 0 saturated heterocycles. The summed E-state index contributed by atoms with van der Waals surface area (Å²) in [6, 6.07) is 20.3. The number of nitrogens with one attached hydrogen (secondary N) is 1. The topological polar surface area (TPSA) is 125 Å². The molecule has 3 aromatic carbocycles. The Kier molecular flexibility index (Phi) is 5.46. The number of methoxy groups -OCH3 is 1. The maximum Gasteiger partial charge on any atom is 0.291 e. The van der Waals surface area contributed by atoms with Crippen LogP contribution in [0.25, 0.3) is 28.0 Å². The molecule has 0 bridgehead atoms. The lowest BCUT2D eigenvalue weighted by Gasteiger charge is -2.03. The Hall–Kier alpha value is -4.99. The van der Waals surface area contributed by atoms with Crippen molar-refractivity contribution in [1.29, 1.82) is 0 Å². The van der Waals surface area contributed by atoms with E-state index in [4.69, 9.17) is 9.15 Å². The standard InChI is InChI=1S/C25H19N5O5/c1-15-3-9-19(22(13-15)30(32)33)23-11-12-24(35-23)25(31)26-16-4-10-20-21(14-16)28-29(27-20)17-5-7-18(34-2)8-6-17/h3-14H,1-2H3,(H,26,31). The molecule has 1 amide bonds. The highest BCUT2D eigenvalue weighted by molar-refractivity contribution is 6.03. The van der Waals surface area contributed by atoms with Crippen molar-refractivity contribution < 1.29 is 18.9 Å². The molecule has 0 aliphatic carbocycles. The Balaban J connectivity index is 1.36. The van der Waals surface area contributed by atoms with E-state index in [1.807, 2.05) is 24.3 Å². The average molecular weight is 469 g/mol. The van der Waals surface area contributed by atoms with Crippen molar-refractivity contribution in [3.05, 3.63) is 94.2 Å². The second-order valence-corrected chi connectivity index (χ2v) is 7.79. The van der Waals surface area contributed by atoms with E-state index in [0.29, 0.717) is 22.3 Å². The minimum Gasteiger partial charge on any atom is -0.497 e. The van der Waals surface area contributed by atoms with Gasteiger partial charge in [-0.25, -0.2) is 0 Å². The SMILES string of the molecule is COc1ccc(-n2nc3ccc(NC(=O)c4ccc(-c5ccc(C)cc5[N+](=O)[O-])o4)cc3n2)cc1. The summed E-state index contributed by atoms with van der Waals surface area (Å²) >= 11 is 0. The number of anilines is 1. The highest BCUT2D eigenvalue weighted by Crippen LogP contribution is 2.32. The van der Waals surface area contributed by atoms with Crippen molar-refractivity contribution in [3.63, 3.8) is 0 Å². The Labute approximate surface area is 198 Å². The summed E-state index contributed by atoms with van der Waals surface area (Å²) in [5, 5.41) is 23.1. The predicted molar refractivity (Wildman–Crippen MR) is 129 cm³/mol. The molecule has 0 spiro atoms. The Morgan fingerprint density at radius 1 is 1.00 bits per heavy atom. The lowest BCUT2D eigenvalue weighted by atomic mass is 10.1. The fourth-order valence-electron chi connectivity index (χ4n) is 3.62. The van der Waals surface area contributed by atoms with Crippen molar-refractivity contribution in [3.8, 4) is 22.8 Å². The summed E-state index contributed by atoms with van der Waals surface area (Å²) in [5.74, 6) is 0.498. The van der Waals surface area contributed by atoms with Gasteiger partial charge in [0.05, 0.1) is 23.3 Å². The van der Waals surface area contributed by atoms with E-state index in [9.17, 15) is 14.9 Å². The zero-order valence-corrected chi connectivity index (χ0v) is 18.8. The zero-order chi connectivity index (χ0) is 24.5. The van der Waals surface area contributed by atoms with Crippen LogP contribution in [0.3, 0.4) is 0 Å². The van der Waals surface area contributed by atoms with Gasteiger partial charge in [-0.15, -0.1) is 10.2 Å². The van der Waals surface area contributed by atoms with Crippen LogP contribution in [0.1, 0.15) is 16.1 Å². The smallest absolute Gasteiger partial charge is 0.291 e. The van der Waals surface area contributed by atoms with Gasteiger partial charge in [-0.05, 0) is 73.2 Å². The van der Waals surface area contributed by atoms with Gasteiger partial charge in [0, 0.05) is 11.8 Å². The molecule has 10 heteroatoms. The number of aryl methyl sites for hydroxylation is 1. The van der Waals surface area contributed by atoms with E-state index in [1.54, 1.807) is 44.4 Å². The minimum atomic E-state index is -0.493. The van der Waals surface area contributed by atoms with Gasteiger partial charge >= 0.3 is 0 Å². The lowest BCUT2D eigenvalue weighted by Crippen LogP contribution is -2.10. The van der Waals surface area contributed by atoms with Gasteiger partial charge in [0.1, 0.15) is 22.5 Å². The van der Waals surface area contributed by atoms with E-state index in [0.717, 1.165) is 17.0 Å². The number of rotatable bonds is 6. The minimum absolute atomic E-state index is 0.0249. The molecule has 2 aromatic heterocycles. The molecule has 5 aromatic rings. The fourth-order valence-corrected chi connectivity index (χ4v) is 3.62. The van der Waals surface area contributed by atoms with Gasteiger partial charge in [-0.2, -0.15) is 4.80 Å². The third kappa shape index (κ3) is 4.32. The Bertz CT molecular complexity index is 1570. The quantitative estimate of drug-likeness (QED) is 0.269. The van der Waals surface area contributed by atoms with E-state index in [2.05, 4.69) is 15.5 Å². The highest BCUT2D eigenvalue weighted by Gasteiger charge is 2.20. The number of ether oxygens (including phenoxy) is 1. The van der Waals surface area contributed by atoms with Gasteiger partial charge in [-0.3, -0.25) is 14.9 Å². The zero-order valence-electron chi connectivity index (χ0n) is 18.8. The molecule has 0 radical (unpaired) electrons. The van der Waals surface area contributed by atoms with Gasteiger partial charge in [-0.1, -0.05) is 6.07 Å². The molecule has 0 aliphatic rings. The van der Waals surface area contributed by atoms with E-state index < -0.39 is 10.8 Å². The number of furan rings is 1. The predicted octanol–water partition coefficient (Wildman–Crippen LogP) is 5.16. The monoisotopic (exact) mass is 469 g/mol. The number of nitrogens with zero attached hydrogens (tertiary/aromatic N) is 4. The van der Waals surface area contributed by atoms with Crippen molar-refractivity contribution in [2.45, 2.75) is 6.92 Å². The molecule has 10 nitrogen and oxygen atoms in total. The van der Waals surface area contributed by atoms with Crippen molar-refractivity contribution in [1.82, 2.24) is 15.0 Å². The number of amides is 1. The molecule has 174 valence electrons. The second-order valence-electron chi connectivity index (χ2n) is 7.79. The van der Waals surface area contributed by atoms with E-state index in [-0.39, 0.29) is 17.2 Å². The molecular formula is C25H19N5O5. The van der Waals surface area contributed by atoms with E-state index >= 15 is 0 Å². The number of hydrogen-bond donors (Lipinski definition) is 1. The van der Waals surface area contributed by atoms with E-state index in [1.165, 1.54) is 23.0 Å². The van der Waals surface area contributed by atoms with Crippen molar-refractivity contribution >= 4 is 28.3 Å². The summed E-state index contributed by atoms with van der Waals surface area (Å²) in [5.41, 5.74) is 3.49. The van der Waals surface area contributed by atoms with Gasteiger partial charge in [0.15, 0.2) is 5.76 Å². The van der Waals surface area contributed by atoms with Crippen LogP contribution in [0.4, 0.5) is 11.4 Å². The second kappa shape index (κ2) is 8.75. The Morgan fingerprint density at radius 2 is 1.77 bits per heavy atom. The first kappa shape index (κ1) is 21.8. The third-order valence-corrected chi connectivity index (χ3v) is 5.39. The molecule has 0 saturated carbocycles. The normalized spacial score (nSPS) is 10.9. The summed E-state index contributed by atoms with van der Waals surface area (Å²) in [6.07, 6.45) is 0. The number of nitro benzene ring substituents is 1. The number of carbonyl (C=O) groups is 1. The molecule has 0 aliphatic heterocycles. The molecule has 5 rings (SSSR count). The van der Waals surface area contributed by atoms with Crippen LogP contribution in [-0.2, 0) is 0 Å². The third-order valence-electron chi connectivity index (χ3n) is 5.39. The number of aromatic nitrogens is 3. The Morgan fingerprint density at radius 3 is 2.51 bits per heavy atom. The number of carbonyl (C=O) groups excluding carboxylic acids is 1. The number of benzene rings is 3. The molecule has 0 unspecified atom stereocenters. The maximum absolute atomic E-state index is 12.8. The number of fused-ring (bicyclic) bond motifs is 1. The molecule has 35 heavy (non-hydrogen) atoms. The first-order valence-corrected chi connectivity index (χ1v) is 10.6. The first-order valence-electron chi connectivity index (χ1n) is 10.6. The molecule has 1 N–H and O–H groups in total. The van der Waals surface area contributed by atoms with Gasteiger partial charge < -0.3 is 14.5 Å². The maximum atomic E-state index is 12.8. The summed E-state index contributed by atoms with van der Waals surface area (Å²) in [4.78, 5) is 25.2. The lowest BCUT2D eigenvalue weighted by molar-refractivity contribution is -0.384. The highest BCUT2D eigenvalue weighted by atomic mass is 16.6.